The van der Waals surface area contributed by atoms with Crippen LogP contribution in [0.15, 0.2) is 53.8 Å². The van der Waals surface area contributed by atoms with Gasteiger partial charge in [-0.3, -0.25) is 9.97 Å². The van der Waals surface area contributed by atoms with Crippen LogP contribution in [-0.2, 0) is 16.9 Å². The zero-order chi connectivity index (χ0) is 18.1. The van der Waals surface area contributed by atoms with E-state index >= 15 is 0 Å². The lowest BCUT2D eigenvalue weighted by molar-refractivity contribution is 0.356. The molecule has 4 aromatic rings. The number of pyridine rings is 1. The molecule has 1 atom stereocenters. The second-order valence-corrected chi connectivity index (χ2v) is 7.10. The monoisotopic (exact) mass is 367 g/mol. The van der Waals surface area contributed by atoms with Gasteiger partial charge in [0.15, 0.2) is 17.3 Å². The fraction of sp³-hybridized carbons (Fsp3) is 0.158. The molecule has 1 unspecified atom stereocenters. The molecule has 0 bridgehead atoms. The van der Waals surface area contributed by atoms with E-state index in [-0.39, 0.29) is 5.75 Å². The Kier molecular flexibility index (Phi) is 4.40. The second-order valence-electron chi connectivity index (χ2n) is 5.73. The van der Waals surface area contributed by atoms with Crippen molar-refractivity contribution in [3.05, 3.63) is 54.4 Å². The van der Waals surface area contributed by atoms with Gasteiger partial charge in [-0.1, -0.05) is 12.1 Å². The minimum absolute atomic E-state index is 0.257. The van der Waals surface area contributed by atoms with Crippen LogP contribution >= 0.6 is 0 Å². The molecule has 0 saturated carbocycles. The predicted molar refractivity (Wildman–Crippen MR) is 101 cm³/mol. The second kappa shape index (κ2) is 6.86. The highest BCUT2D eigenvalue weighted by Crippen LogP contribution is 2.33. The number of nitrogens with one attached hydrogen (secondary N) is 1. The van der Waals surface area contributed by atoms with Crippen molar-refractivity contribution in [3.63, 3.8) is 0 Å². The fourth-order valence-electron chi connectivity index (χ4n) is 2.90. The number of fused-ring (bicyclic) bond motifs is 2. The summed E-state index contributed by atoms with van der Waals surface area (Å²) in [7, 11) is 3.19. The summed E-state index contributed by atoms with van der Waals surface area (Å²) in [4.78, 5) is 12.0. The van der Waals surface area contributed by atoms with Crippen molar-refractivity contribution < 1.29 is 14.0 Å². The summed E-state index contributed by atoms with van der Waals surface area (Å²) in [6, 6.07) is 13.3. The maximum atomic E-state index is 12.8. The van der Waals surface area contributed by atoms with Gasteiger partial charge in [-0.15, -0.1) is 0 Å². The Hall–Kier alpha value is -2.77. The standard InChI is InChI=1S/C19H17N3O3S/c1-24-17-9-12-7-8-20-16(13(12)10-18(17)25-2)11-26(23)19-21-14-5-3-4-6-15(14)22-19/h3-10H,11H2,1-2H3,(H,21,22). The van der Waals surface area contributed by atoms with E-state index < -0.39 is 11.2 Å². The molecule has 0 radical (unpaired) electrons. The quantitative estimate of drug-likeness (QED) is 0.546. The lowest BCUT2D eigenvalue weighted by Gasteiger charge is -2.12. The van der Waals surface area contributed by atoms with E-state index in [1.807, 2.05) is 42.5 Å². The van der Waals surface area contributed by atoms with Crippen LogP contribution in [-0.4, -0.2) is 33.7 Å². The molecule has 0 fully saturated rings. The molecular formula is C19H17N3O3S. The number of aromatic nitrogens is 3. The third-order valence-corrected chi connectivity index (χ3v) is 5.36. The van der Waals surface area contributed by atoms with Gasteiger partial charge < -0.3 is 14.0 Å². The van der Waals surface area contributed by atoms with Gasteiger partial charge in [0.1, 0.15) is 0 Å². The minimum atomic E-state index is -1.34. The number of H-pyrrole nitrogens is 1. The first-order valence-electron chi connectivity index (χ1n) is 8.02. The Morgan fingerprint density at radius 3 is 2.62 bits per heavy atom. The van der Waals surface area contributed by atoms with Gasteiger partial charge >= 0.3 is 5.16 Å². The van der Waals surface area contributed by atoms with Crippen LogP contribution in [0.3, 0.4) is 0 Å². The van der Waals surface area contributed by atoms with Crippen LogP contribution < -0.4 is 9.47 Å². The molecular weight excluding hydrogens is 350 g/mol. The molecule has 1 N–H and O–H groups in total. The zero-order valence-electron chi connectivity index (χ0n) is 14.4. The van der Waals surface area contributed by atoms with Crippen LogP contribution in [0.4, 0.5) is 0 Å². The number of ether oxygens (including phenoxy) is 2. The van der Waals surface area contributed by atoms with Gasteiger partial charge in [-0.25, -0.2) is 0 Å². The number of nitrogens with zero attached hydrogens (tertiary/aromatic N) is 2. The van der Waals surface area contributed by atoms with Crippen LogP contribution in [0.2, 0.25) is 0 Å². The molecule has 0 aliphatic rings. The third kappa shape index (κ3) is 2.95. The Bertz CT molecular complexity index is 1050. The van der Waals surface area contributed by atoms with Crippen molar-refractivity contribution in [2.45, 2.75) is 10.9 Å². The van der Waals surface area contributed by atoms with Crippen LogP contribution in [0.1, 0.15) is 5.69 Å². The highest BCUT2D eigenvalue weighted by Gasteiger charge is 2.20. The lowest BCUT2D eigenvalue weighted by atomic mass is 10.1. The van der Waals surface area contributed by atoms with Crippen LogP contribution in [0.5, 0.6) is 11.5 Å². The highest BCUT2D eigenvalue weighted by molar-refractivity contribution is 7.90. The van der Waals surface area contributed by atoms with E-state index in [9.17, 15) is 4.55 Å². The van der Waals surface area contributed by atoms with Gasteiger partial charge in [-0.2, -0.15) is 4.98 Å². The number of aromatic amines is 1. The molecule has 4 rings (SSSR count). The first-order valence-corrected chi connectivity index (χ1v) is 9.34. The Morgan fingerprint density at radius 2 is 1.85 bits per heavy atom. The number of rotatable bonds is 5. The van der Waals surface area contributed by atoms with E-state index in [0.717, 1.165) is 27.5 Å². The summed E-state index contributed by atoms with van der Waals surface area (Å²) in [5.41, 5.74) is 2.39. The highest BCUT2D eigenvalue weighted by atomic mass is 32.2. The minimum Gasteiger partial charge on any atom is -0.609 e. The molecule has 132 valence electrons. The Morgan fingerprint density at radius 1 is 1.08 bits per heavy atom. The molecule has 7 heteroatoms. The van der Waals surface area contributed by atoms with Crippen LogP contribution in [0.25, 0.3) is 21.8 Å². The van der Waals surface area contributed by atoms with E-state index in [0.29, 0.717) is 16.7 Å². The largest absolute Gasteiger partial charge is 0.609 e. The number of hydrogen-bond donors (Lipinski definition) is 1. The smallest absolute Gasteiger partial charge is 0.322 e. The summed E-state index contributed by atoms with van der Waals surface area (Å²) < 4.78 is 23.6. The lowest BCUT2D eigenvalue weighted by Crippen LogP contribution is -2.08. The Balaban J connectivity index is 1.71. The van der Waals surface area contributed by atoms with Gasteiger partial charge in [-0.05, 0) is 35.7 Å². The molecule has 6 nitrogen and oxygen atoms in total. The molecule has 0 aliphatic carbocycles. The third-order valence-electron chi connectivity index (χ3n) is 4.20. The van der Waals surface area contributed by atoms with E-state index in [2.05, 4.69) is 15.0 Å². The molecule has 0 amide bonds. The molecule has 0 spiro atoms. The van der Waals surface area contributed by atoms with Gasteiger partial charge in [0.2, 0.25) is 0 Å². The number of imidazole rings is 1. The number of benzene rings is 2. The molecule has 26 heavy (non-hydrogen) atoms. The summed E-state index contributed by atoms with van der Waals surface area (Å²) in [6.45, 7) is 0. The normalized spacial score (nSPS) is 12.4. The van der Waals surface area contributed by atoms with Crippen molar-refractivity contribution >= 4 is 33.0 Å². The van der Waals surface area contributed by atoms with Gasteiger partial charge in [0.25, 0.3) is 0 Å². The summed E-state index contributed by atoms with van der Waals surface area (Å²) in [5, 5.41) is 2.29. The average Bonchev–Trinajstić information content (AvgIpc) is 3.11. The summed E-state index contributed by atoms with van der Waals surface area (Å²) in [6.07, 6.45) is 1.71. The molecule has 0 saturated heterocycles. The van der Waals surface area contributed by atoms with Crippen molar-refractivity contribution in [1.82, 2.24) is 15.0 Å². The fourth-order valence-corrected chi connectivity index (χ4v) is 3.94. The number of hydrogen-bond acceptors (Lipinski definition) is 5. The SMILES string of the molecule is COc1cc2ccnc(C[S+]([O-])c3nc4ccccc4[nH]3)c2cc1OC. The maximum Gasteiger partial charge on any atom is 0.322 e. The summed E-state index contributed by atoms with van der Waals surface area (Å²) >= 11 is -1.34. The van der Waals surface area contributed by atoms with E-state index in [1.165, 1.54) is 0 Å². The van der Waals surface area contributed by atoms with Gasteiger partial charge in [0, 0.05) is 22.8 Å². The molecule has 2 heterocycles. The first-order chi connectivity index (χ1) is 12.7. The topological polar surface area (TPSA) is 83.1 Å². The van der Waals surface area contributed by atoms with Crippen molar-refractivity contribution in [2.75, 3.05) is 14.2 Å². The molecule has 2 aromatic heterocycles. The molecule has 0 aliphatic heterocycles. The van der Waals surface area contributed by atoms with Crippen molar-refractivity contribution in [3.8, 4) is 11.5 Å². The van der Waals surface area contributed by atoms with Crippen molar-refractivity contribution in [2.24, 2.45) is 0 Å². The first kappa shape index (κ1) is 16.7. The van der Waals surface area contributed by atoms with E-state index in [4.69, 9.17) is 9.47 Å². The predicted octanol–water partition coefficient (Wildman–Crippen LogP) is 3.44. The average molecular weight is 367 g/mol. The maximum absolute atomic E-state index is 12.8. The Labute approximate surface area is 153 Å². The summed E-state index contributed by atoms with van der Waals surface area (Å²) in [5.74, 6) is 1.52. The number of methoxy groups -OCH3 is 2. The zero-order valence-corrected chi connectivity index (χ0v) is 15.2. The molecule has 2 aromatic carbocycles. The number of para-hydroxylation sites is 2. The van der Waals surface area contributed by atoms with Crippen LogP contribution in [0, 0.1) is 0 Å². The van der Waals surface area contributed by atoms with Crippen molar-refractivity contribution in [1.29, 1.82) is 0 Å². The van der Waals surface area contributed by atoms with Gasteiger partial charge in [0.05, 0.1) is 30.9 Å². The van der Waals surface area contributed by atoms with E-state index in [1.54, 1.807) is 20.4 Å².